The molecule has 0 aromatic carbocycles. The Labute approximate surface area is 213 Å². The van der Waals surface area contributed by atoms with Crippen LogP contribution in [-0.4, -0.2) is 96.4 Å². The number of rotatable bonds is 4. The van der Waals surface area contributed by atoms with Crippen molar-refractivity contribution in [2.24, 2.45) is 17.3 Å². The third-order valence-electron chi connectivity index (χ3n) is 7.71. The number of carboxylic acid groups (broad SMARTS) is 1. The van der Waals surface area contributed by atoms with E-state index >= 15 is 0 Å². The summed E-state index contributed by atoms with van der Waals surface area (Å²) in [5, 5.41) is 9.48. The zero-order valence-electron chi connectivity index (χ0n) is 22.0. The molecule has 0 spiro atoms. The number of carbonyl (C=O) groups is 2. The number of carbonyl (C=O) groups excluding carboxylic acids is 1. The van der Waals surface area contributed by atoms with Crippen LogP contribution < -0.4 is 9.62 Å². The van der Waals surface area contributed by atoms with Gasteiger partial charge in [-0.3, -0.25) is 4.79 Å². The fourth-order valence-electron chi connectivity index (χ4n) is 6.31. The summed E-state index contributed by atoms with van der Waals surface area (Å²) in [5.74, 6) is 0.690. The number of fused-ring (bicyclic) bond motifs is 1. The molecular weight excluding hydrogens is 484 g/mol. The number of nitrogens with one attached hydrogen (secondary N) is 1. The predicted molar refractivity (Wildman–Crippen MR) is 136 cm³/mol. The molecule has 3 fully saturated rings. The maximum absolute atomic E-state index is 13.9. The summed E-state index contributed by atoms with van der Waals surface area (Å²) in [6.45, 7) is 12.6. The molecule has 0 bridgehead atoms. The Morgan fingerprint density at radius 3 is 2.11 bits per heavy atom. The number of hydrogen-bond donors (Lipinski definition) is 2. The molecule has 1 aromatic heterocycles. The Balaban J connectivity index is 1.53. The van der Waals surface area contributed by atoms with Crippen molar-refractivity contribution in [3.8, 4) is 0 Å². The molecule has 0 aliphatic carbocycles. The number of aromatic nitrogens is 2. The van der Waals surface area contributed by atoms with Gasteiger partial charge in [0.15, 0.2) is 0 Å². The van der Waals surface area contributed by atoms with Gasteiger partial charge >= 0.3 is 6.09 Å². The highest BCUT2D eigenvalue weighted by molar-refractivity contribution is 7.88. The van der Waals surface area contributed by atoms with Crippen LogP contribution in [0.2, 0.25) is 0 Å². The van der Waals surface area contributed by atoms with E-state index in [-0.39, 0.29) is 35.2 Å². The van der Waals surface area contributed by atoms with Crippen molar-refractivity contribution in [2.45, 2.75) is 59.5 Å². The number of hydrogen-bond acceptors (Lipinski definition) is 7. The molecule has 3 saturated heterocycles. The quantitative estimate of drug-likeness (QED) is 0.610. The molecule has 0 radical (unpaired) electrons. The summed E-state index contributed by atoms with van der Waals surface area (Å²) in [5.41, 5.74) is 1.54. The molecule has 3 aliphatic heterocycles. The van der Waals surface area contributed by atoms with E-state index in [9.17, 15) is 23.1 Å². The van der Waals surface area contributed by atoms with Crippen LogP contribution in [0.4, 0.5) is 10.7 Å². The van der Waals surface area contributed by atoms with Crippen LogP contribution in [0.5, 0.6) is 0 Å². The van der Waals surface area contributed by atoms with Crippen LogP contribution >= 0.6 is 0 Å². The van der Waals surface area contributed by atoms with Gasteiger partial charge in [-0.05, 0) is 32.1 Å². The Morgan fingerprint density at radius 1 is 1.03 bits per heavy atom. The molecule has 11 nitrogen and oxygen atoms in total. The SMILES string of the molecule is Cc1nc(N2CCC(NS(C)(=O)=O)CC2)nc(C)c1C(=O)N1CC2CN(C(=O)O)CC2C1C(C)(C)C. The molecule has 3 unspecified atom stereocenters. The van der Waals surface area contributed by atoms with Gasteiger partial charge < -0.3 is 19.8 Å². The lowest BCUT2D eigenvalue weighted by Gasteiger charge is -2.39. The first kappa shape index (κ1) is 26.6. The van der Waals surface area contributed by atoms with Gasteiger partial charge in [0, 0.05) is 56.6 Å². The van der Waals surface area contributed by atoms with Crippen molar-refractivity contribution in [1.29, 1.82) is 0 Å². The highest BCUT2D eigenvalue weighted by Gasteiger charge is 2.53. The molecule has 3 atom stereocenters. The molecule has 2 N–H and O–H groups in total. The van der Waals surface area contributed by atoms with Crippen molar-refractivity contribution in [2.75, 3.05) is 43.9 Å². The summed E-state index contributed by atoms with van der Waals surface area (Å²) >= 11 is 0. The molecule has 3 aliphatic rings. The normalized spacial score (nSPS) is 25.4. The van der Waals surface area contributed by atoms with Crippen molar-refractivity contribution in [3.05, 3.63) is 17.0 Å². The second-order valence-corrected chi connectivity index (χ2v) is 13.4. The number of amides is 2. The van der Waals surface area contributed by atoms with Crippen molar-refractivity contribution >= 4 is 28.0 Å². The highest BCUT2D eigenvalue weighted by Crippen LogP contribution is 2.44. The number of likely N-dealkylation sites (tertiary alicyclic amines) is 2. The van der Waals surface area contributed by atoms with Crippen LogP contribution in [0.3, 0.4) is 0 Å². The Morgan fingerprint density at radius 2 is 1.61 bits per heavy atom. The number of sulfonamides is 1. The summed E-state index contributed by atoms with van der Waals surface area (Å²) in [6.07, 6.45) is 1.59. The van der Waals surface area contributed by atoms with Gasteiger partial charge in [0.2, 0.25) is 16.0 Å². The zero-order valence-corrected chi connectivity index (χ0v) is 22.8. The minimum atomic E-state index is -3.24. The van der Waals surface area contributed by atoms with E-state index in [0.29, 0.717) is 68.5 Å². The van der Waals surface area contributed by atoms with E-state index in [2.05, 4.69) is 35.5 Å². The molecule has 36 heavy (non-hydrogen) atoms. The number of piperidine rings is 1. The highest BCUT2D eigenvalue weighted by atomic mass is 32.2. The van der Waals surface area contributed by atoms with Crippen LogP contribution in [-0.2, 0) is 10.0 Å². The molecule has 1 aromatic rings. The summed E-state index contributed by atoms with van der Waals surface area (Å²) in [6, 6.07) is -0.181. The average Bonchev–Trinajstić information content (AvgIpc) is 3.30. The van der Waals surface area contributed by atoms with Crippen LogP contribution in [0, 0.1) is 31.1 Å². The van der Waals surface area contributed by atoms with Crippen molar-refractivity contribution < 1.29 is 23.1 Å². The summed E-state index contributed by atoms with van der Waals surface area (Å²) < 4.78 is 25.7. The average molecular weight is 523 g/mol. The van der Waals surface area contributed by atoms with Gasteiger partial charge in [-0.25, -0.2) is 27.9 Å². The van der Waals surface area contributed by atoms with Gasteiger partial charge in [-0.2, -0.15) is 0 Å². The maximum Gasteiger partial charge on any atom is 0.407 e. The van der Waals surface area contributed by atoms with Gasteiger partial charge in [-0.15, -0.1) is 0 Å². The van der Waals surface area contributed by atoms with Gasteiger partial charge in [0.05, 0.1) is 23.2 Å². The van der Waals surface area contributed by atoms with Gasteiger partial charge in [-0.1, -0.05) is 20.8 Å². The minimum Gasteiger partial charge on any atom is -0.465 e. The molecule has 4 heterocycles. The standard InChI is InChI=1S/C24H38N6O5S/c1-14-19(15(2)26-22(25-14)28-9-7-17(8-10-28)27-36(6,34)35)21(31)30-12-16-11-29(23(32)33)13-18(16)20(30)24(3,4)5/h16-18,20,27H,7-13H2,1-6H3,(H,32,33). The molecule has 2 amide bonds. The summed E-state index contributed by atoms with van der Waals surface area (Å²) in [4.78, 5) is 40.3. The molecule has 0 saturated carbocycles. The number of aryl methyl sites for hydroxylation is 2. The smallest absolute Gasteiger partial charge is 0.407 e. The molecule has 200 valence electrons. The van der Waals surface area contributed by atoms with Crippen LogP contribution in [0.25, 0.3) is 0 Å². The molecule has 12 heteroatoms. The maximum atomic E-state index is 13.9. The van der Waals surface area contributed by atoms with Gasteiger partial charge in [0.25, 0.3) is 5.91 Å². The Kier molecular flexibility index (Phi) is 6.97. The first-order valence-electron chi connectivity index (χ1n) is 12.5. The van der Waals surface area contributed by atoms with E-state index < -0.39 is 16.1 Å². The molecule has 4 rings (SSSR count). The van der Waals surface area contributed by atoms with E-state index in [1.54, 1.807) is 0 Å². The monoisotopic (exact) mass is 522 g/mol. The first-order chi connectivity index (χ1) is 16.7. The number of nitrogens with zero attached hydrogens (tertiary/aromatic N) is 5. The fraction of sp³-hybridized carbons (Fsp3) is 0.750. The fourth-order valence-corrected chi connectivity index (χ4v) is 7.15. The molecular formula is C24H38N6O5S. The third-order valence-corrected chi connectivity index (χ3v) is 8.48. The van der Waals surface area contributed by atoms with E-state index in [1.165, 1.54) is 11.2 Å². The van der Waals surface area contributed by atoms with E-state index in [1.807, 2.05) is 23.6 Å². The lowest BCUT2D eigenvalue weighted by molar-refractivity contribution is 0.0544. The first-order valence-corrected chi connectivity index (χ1v) is 14.4. The summed E-state index contributed by atoms with van der Waals surface area (Å²) in [7, 11) is -3.24. The van der Waals surface area contributed by atoms with E-state index in [0.717, 1.165) is 0 Å². The Hall–Kier alpha value is -2.47. The lowest BCUT2D eigenvalue weighted by Crippen LogP contribution is -2.48. The lowest BCUT2D eigenvalue weighted by atomic mass is 9.77. The van der Waals surface area contributed by atoms with Crippen molar-refractivity contribution in [3.63, 3.8) is 0 Å². The van der Waals surface area contributed by atoms with Crippen molar-refractivity contribution in [1.82, 2.24) is 24.5 Å². The number of anilines is 1. The van der Waals surface area contributed by atoms with Crippen LogP contribution in [0.1, 0.15) is 55.4 Å². The van der Waals surface area contributed by atoms with Crippen LogP contribution in [0.15, 0.2) is 0 Å². The second kappa shape index (κ2) is 9.44. The Bertz CT molecular complexity index is 1120. The van der Waals surface area contributed by atoms with E-state index in [4.69, 9.17) is 0 Å². The minimum absolute atomic E-state index is 0.0841. The van der Waals surface area contributed by atoms with Gasteiger partial charge in [0.1, 0.15) is 0 Å². The predicted octanol–water partition coefficient (Wildman–Crippen LogP) is 1.71. The zero-order chi connectivity index (χ0) is 26.6. The third kappa shape index (κ3) is 5.29. The largest absolute Gasteiger partial charge is 0.465 e. The topological polar surface area (TPSA) is 136 Å². The second-order valence-electron chi connectivity index (χ2n) is 11.6.